The maximum absolute atomic E-state index is 11.8. The Morgan fingerprint density at radius 1 is 1.12 bits per heavy atom. The zero-order valence-corrected chi connectivity index (χ0v) is 10.3. The van der Waals surface area contributed by atoms with Crippen LogP contribution in [-0.2, 0) is 4.79 Å². The van der Waals surface area contributed by atoms with Gasteiger partial charge in [-0.15, -0.1) is 0 Å². The number of aryl methyl sites for hydroxylation is 2. The van der Waals surface area contributed by atoms with Gasteiger partial charge in [0.15, 0.2) is 0 Å². The fourth-order valence-electron chi connectivity index (χ4n) is 1.51. The molecule has 0 spiro atoms. The highest BCUT2D eigenvalue weighted by atomic mass is 16.2. The minimum absolute atomic E-state index is 0.225. The molecule has 0 aliphatic rings. The molecule has 0 saturated heterocycles. The number of hydrogen-bond acceptors (Lipinski definition) is 2. The summed E-state index contributed by atoms with van der Waals surface area (Å²) in [6.45, 7) is 7.80. The number of carbonyl (C=O) groups is 2. The summed E-state index contributed by atoms with van der Waals surface area (Å²) in [6.07, 6.45) is 0.325. The molecule has 0 aromatic heterocycles. The van der Waals surface area contributed by atoms with Crippen LogP contribution in [0.2, 0.25) is 0 Å². The van der Waals surface area contributed by atoms with Gasteiger partial charge in [-0.3, -0.25) is 9.59 Å². The molecule has 0 aliphatic heterocycles. The molecular formula is C14H18O2. The number of rotatable bonds is 4. The topological polar surface area (TPSA) is 34.1 Å². The highest BCUT2D eigenvalue weighted by molar-refractivity contribution is 6.43. The Labute approximate surface area is 96.7 Å². The summed E-state index contributed by atoms with van der Waals surface area (Å²) in [4.78, 5) is 23.4. The summed E-state index contributed by atoms with van der Waals surface area (Å²) in [6, 6.07) is 5.39. The molecule has 1 rings (SSSR count). The van der Waals surface area contributed by atoms with Gasteiger partial charge in [-0.2, -0.15) is 0 Å². The Balaban J connectivity index is 2.88. The van der Waals surface area contributed by atoms with E-state index < -0.39 is 0 Å². The summed E-state index contributed by atoms with van der Waals surface area (Å²) >= 11 is 0. The van der Waals surface area contributed by atoms with Crippen LogP contribution in [0.25, 0.3) is 0 Å². The Morgan fingerprint density at radius 3 is 2.25 bits per heavy atom. The third-order valence-electron chi connectivity index (χ3n) is 2.62. The van der Waals surface area contributed by atoms with Gasteiger partial charge >= 0.3 is 0 Å². The van der Waals surface area contributed by atoms with Gasteiger partial charge in [0.2, 0.25) is 11.6 Å². The second kappa shape index (κ2) is 5.06. The fraction of sp³-hybridized carbons (Fsp3) is 0.429. The quantitative estimate of drug-likeness (QED) is 0.575. The van der Waals surface area contributed by atoms with E-state index in [9.17, 15) is 9.59 Å². The Kier molecular flexibility index (Phi) is 3.99. The number of Topliss-reactive ketones (excluding diaryl/α,β-unsaturated/α-hetero) is 2. The maximum Gasteiger partial charge on any atom is 0.228 e. The van der Waals surface area contributed by atoms with Gasteiger partial charge in [-0.1, -0.05) is 26.0 Å². The molecule has 0 fully saturated rings. The van der Waals surface area contributed by atoms with Crippen molar-refractivity contribution in [3.63, 3.8) is 0 Å². The van der Waals surface area contributed by atoms with Crippen molar-refractivity contribution in [2.24, 2.45) is 5.92 Å². The molecule has 86 valence electrons. The van der Waals surface area contributed by atoms with E-state index in [1.807, 2.05) is 33.8 Å². The lowest BCUT2D eigenvalue weighted by atomic mass is 9.97. The smallest absolute Gasteiger partial charge is 0.228 e. The van der Waals surface area contributed by atoms with Crippen LogP contribution >= 0.6 is 0 Å². The average Bonchev–Trinajstić information content (AvgIpc) is 2.20. The van der Waals surface area contributed by atoms with Gasteiger partial charge < -0.3 is 0 Å². The van der Waals surface area contributed by atoms with Crippen LogP contribution in [0.1, 0.15) is 41.8 Å². The van der Waals surface area contributed by atoms with Crippen molar-refractivity contribution in [3.8, 4) is 0 Å². The van der Waals surface area contributed by atoms with E-state index in [1.165, 1.54) is 0 Å². The van der Waals surface area contributed by atoms with Gasteiger partial charge in [0.1, 0.15) is 0 Å². The molecule has 0 unspecified atom stereocenters. The maximum atomic E-state index is 11.8. The lowest BCUT2D eigenvalue weighted by Crippen LogP contribution is -2.16. The molecule has 0 N–H and O–H groups in total. The van der Waals surface area contributed by atoms with Crippen molar-refractivity contribution in [3.05, 3.63) is 34.9 Å². The van der Waals surface area contributed by atoms with Gasteiger partial charge in [-0.05, 0) is 37.0 Å². The first-order chi connectivity index (χ1) is 7.41. The average molecular weight is 218 g/mol. The van der Waals surface area contributed by atoms with Gasteiger partial charge in [0.25, 0.3) is 0 Å². The first-order valence-electron chi connectivity index (χ1n) is 5.56. The summed E-state index contributed by atoms with van der Waals surface area (Å²) in [5.41, 5.74) is 2.69. The van der Waals surface area contributed by atoms with E-state index in [0.717, 1.165) is 11.1 Å². The molecule has 0 bridgehead atoms. The lowest BCUT2D eigenvalue weighted by molar-refractivity contribution is -0.115. The first-order valence-corrected chi connectivity index (χ1v) is 5.56. The summed E-state index contributed by atoms with van der Waals surface area (Å²) in [5, 5.41) is 0. The number of carbonyl (C=O) groups excluding carboxylic acids is 2. The van der Waals surface area contributed by atoms with E-state index in [1.54, 1.807) is 12.1 Å². The zero-order valence-electron chi connectivity index (χ0n) is 10.3. The molecule has 0 amide bonds. The van der Waals surface area contributed by atoms with Gasteiger partial charge in [-0.25, -0.2) is 0 Å². The van der Waals surface area contributed by atoms with Crippen molar-refractivity contribution in [1.29, 1.82) is 0 Å². The second-order valence-corrected chi connectivity index (χ2v) is 4.65. The molecule has 0 aliphatic carbocycles. The monoisotopic (exact) mass is 218 g/mol. The molecule has 0 radical (unpaired) electrons. The molecule has 0 heterocycles. The van der Waals surface area contributed by atoms with E-state index in [-0.39, 0.29) is 17.5 Å². The molecule has 0 saturated carbocycles. The van der Waals surface area contributed by atoms with Gasteiger partial charge in [0, 0.05) is 12.0 Å². The lowest BCUT2D eigenvalue weighted by Gasteiger charge is -2.05. The highest BCUT2D eigenvalue weighted by Crippen LogP contribution is 2.12. The van der Waals surface area contributed by atoms with Crippen LogP contribution in [-0.4, -0.2) is 11.6 Å². The van der Waals surface area contributed by atoms with E-state index in [4.69, 9.17) is 0 Å². The Hall–Kier alpha value is -1.44. The molecule has 2 nitrogen and oxygen atoms in total. The minimum atomic E-state index is -0.364. The van der Waals surface area contributed by atoms with E-state index >= 15 is 0 Å². The number of benzene rings is 1. The van der Waals surface area contributed by atoms with Crippen LogP contribution < -0.4 is 0 Å². The van der Waals surface area contributed by atoms with Crippen LogP contribution in [0.15, 0.2) is 18.2 Å². The zero-order chi connectivity index (χ0) is 12.3. The molecule has 0 atom stereocenters. The van der Waals surface area contributed by atoms with E-state index in [2.05, 4.69) is 0 Å². The third kappa shape index (κ3) is 3.02. The standard InChI is InChI=1S/C14H18O2/c1-9(2)7-13(15)14(16)12-6-5-10(3)11(4)8-12/h5-6,8-9H,7H2,1-4H3. The molecule has 1 aromatic rings. The molecular weight excluding hydrogens is 200 g/mol. The summed E-state index contributed by atoms with van der Waals surface area (Å²) in [7, 11) is 0. The Morgan fingerprint density at radius 2 is 1.75 bits per heavy atom. The first kappa shape index (κ1) is 12.6. The van der Waals surface area contributed by atoms with Crippen molar-refractivity contribution in [2.45, 2.75) is 34.1 Å². The van der Waals surface area contributed by atoms with Crippen LogP contribution in [0.5, 0.6) is 0 Å². The van der Waals surface area contributed by atoms with Crippen LogP contribution in [0.4, 0.5) is 0 Å². The fourth-order valence-corrected chi connectivity index (χ4v) is 1.51. The predicted molar refractivity (Wildman–Crippen MR) is 64.7 cm³/mol. The minimum Gasteiger partial charge on any atom is -0.290 e. The predicted octanol–water partition coefficient (Wildman–Crippen LogP) is 3.10. The van der Waals surface area contributed by atoms with Crippen molar-refractivity contribution >= 4 is 11.6 Å². The summed E-state index contributed by atoms with van der Waals surface area (Å²) in [5.74, 6) is -0.432. The van der Waals surface area contributed by atoms with E-state index in [0.29, 0.717) is 12.0 Å². The van der Waals surface area contributed by atoms with Crippen LogP contribution in [0, 0.1) is 19.8 Å². The third-order valence-corrected chi connectivity index (χ3v) is 2.62. The molecule has 1 aromatic carbocycles. The number of ketones is 2. The molecule has 2 heteroatoms. The van der Waals surface area contributed by atoms with Crippen molar-refractivity contribution < 1.29 is 9.59 Å². The van der Waals surface area contributed by atoms with Crippen LogP contribution in [0.3, 0.4) is 0 Å². The SMILES string of the molecule is Cc1ccc(C(=O)C(=O)CC(C)C)cc1C. The van der Waals surface area contributed by atoms with Gasteiger partial charge in [0.05, 0.1) is 0 Å². The number of hydrogen-bond donors (Lipinski definition) is 0. The Bertz CT molecular complexity index is 417. The normalized spacial score (nSPS) is 10.6. The largest absolute Gasteiger partial charge is 0.290 e. The van der Waals surface area contributed by atoms with Crippen molar-refractivity contribution in [2.75, 3.05) is 0 Å². The highest BCUT2D eigenvalue weighted by Gasteiger charge is 2.17. The van der Waals surface area contributed by atoms with Crippen molar-refractivity contribution in [1.82, 2.24) is 0 Å². The summed E-state index contributed by atoms with van der Waals surface area (Å²) < 4.78 is 0. The second-order valence-electron chi connectivity index (χ2n) is 4.65. The molecule has 16 heavy (non-hydrogen) atoms.